The Bertz CT molecular complexity index is 1420. The second-order valence-corrected chi connectivity index (χ2v) is 13.1. The zero-order chi connectivity index (χ0) is 28.3. The van der Waals surface area contributed by atoms with Crippen molar-refractivity contribution in [2.75, 3.05) is 23.6 Å². The Morgan fingerprint density at radius 2 is 1.54 bits per heavy atom. The molecular weight excluding hydrogens is 657 g/mol. The Labute approximate surface area is 242 Å². The molecular formula is C27H26Br2FN3O5S. The maximum Gasteiger partial charge on any atom is 0.325 e. The molecule has 1 aliphatic rings. The molecule has 1 fully saturated rings. The van der Waals surface area contributed by atoms with Gasteiger partial charge in [-0.05, 0) is 60.5 Å². The third-order valence-electron chi connectivity index (χ3n) is 6.33. The minimum Gasteiger partial charge on any atom is -0.480 e. The maximum absolute atomic E-state index is 14.2. The Balaban J connectivity index is 1.43. The number of nitrogens with one attached hydrogen (secondary N) is 2. The summed E-state index contributed by atoms with van der Waals surface area (Å²) in [6.07, 6.45) is 0. The molecule has 3 aromatic carbocycles. The van der Waals surface area contributed by atoms with Crippen LogP contribution < -0.4 is 10.0 Å². The van der Waals surface area contributed by atoms with Crippen molar-refractivity contribution in [2.45, 2.75) is 19.0 Å². The van der Waals surface area contributed by atoms with E-state index in [4.69, 9.17) is 5.11 Å². The quantitative estimate of drug-likeness (QED) is 0.277. The fraction of sp³-hybridized carbons (Fsp3) is 0.259. The number of amides is 1. The molecule has 39 heavy (non-hydrogen) atoms. The number of rotatable bonds is 10. The van der Waals surface area contributed by atoms with Gasteiger partial charge in [-0.15, -0.1) is 0 Å². The summed E-state index contributed by atoms with van der Waals surface area (Å²) in [6.45, 7) is 2.35. The molecule has 1 aliphatic heterocycles. The van der Waals surface area contributed by atoms with Crippen LogP contribution in [-0.4, -0.2) is 55.2 Å². The molecule has 0 bridgehead atoms. The summed E-state index contributed by atoms with van der Waals surface area (Å²) in [6, 6.07) is 17.9. The van der Waals surface area contributed by atoms with E-state index in [2.05, 4.69) is 46.8 Å². The number of sulfonamides is 1. The Hall–Kier alpha value is -2.80. The van der Waals surface area contributed by atoms with Crippen molar-refractivity contribution < 1.29 is 27.5 Å². The zero-order valence-corrected chi connectivity index (χ0v) is 24.8. The molecule has 206 valence electrons. The molecule has 1 amide bonds. The summed E-state index contributed by atoms with van der Waals surface area (Å²) < 4.78 is 44.3. The monoisotopic (exact) mass is 681 g/mol. The lowest BCUT2D eigenvalue weighted by molar-refractivity contribution is -0.138. The third-order valence-corrected chi connectivity index (χ3v) is 8.84. The lowest BCUT2D eigenvalue weighted by atomic mass is 9.91. The number of carbonyl (C=O) groups is 2. The molecule has 1 atom stereocenters. The summed E-state index contributed by atoms with van der Waals surface area (Å²) in [7, 11) is -3.86. The standard InChI is InChI=1S/C27H26Br2FN3O5S/c1-16(27(35)36)31-26(34)20-10-23(30)12-24(11-20)32-39(37,38)15-17-13-33(14-17)25(18-2-6-21(28)7-3-18)19-4-8-22(29)9-5-19/h2-12,16-17,25,32H,13-15H2,1H3,(H,31,34)(H,35,36). The fourth-order valence-corrected chi connectivity index (χ4v) is 6.40. The van der Waals surface area contributed by atoms with Crippen LogP contribution in [-0.2, 0) is 14.8 Å². The van der Waals surface area contributed by atoms with E-state index in [0.717, 1.165) is 32.2 Å². The van der Waals surface area contributed by atoms with Gasteiger partial charge in [-0.1, -0.05) is 56.1 Å². The van der Waals surface area contributed by atoms with Crippen molar-refractivity contribution in [3.8, 4) is 0 Å². The molecule has 0 radical (unpaired) electrons. The van der Waals surface area contributed by atoms with Crippen LogP contribution in [0.15, 0.2) is 75.7 Å². The molecule has 8 nitrogen and oxygen atoms in total. The lowest BCUT2D eigenvalue weighted by Crippen LogP contribution is -2.51. The molecule has 0 saturated carbocycles. The van der Waals surface area contributed by atoms with Gasteiger partial charge in [-0.3, -0.25) is 19.2 Å². The van der Waals surface area contributed by atoms with Crippen molar-refractivity contribution in [1.82, 2.24) is 10.2 Å². The number of carboxylic acid groups (broad SMARTS) is 1. The number of anilines is 1. The molecule has 0 aromatic heterocycles. The first-order chi connectivity index (χ1) is 18.4. The minimum atomic E-state index is -3.86. The number of benzene rings is 3. The van der Waals surface area contributed by atoms with Gasteiger partial charge in [-0.2, -0.15) is 0 Å². The second kappa shape index (κ2) is 12.2. The average Bonchev–Trinajstić information content (AvgIpc) is 2.83. The summed E-state index contributed by atoms with van der Waals surface area (Å²) >= 11 is 6.94. The second-order valence-electron chi connectivity index (χ2n) is 9.47. The number of halogens is 3. The highest BCUT2D eigenvalue weighted by atomic mass is 79.9. The number of nitrogens with zero attached hydrogens (tertiary/aromatic N) is 1. The van der Waals surface area contributed by atoms with E-state index >= 15 is 0 Å². The molecule has 1 unspecified atom stereocenters. The van der Waals surface area contributed by atoms with Crippen molar-refractivity contribution in [3.05, 3.63) is 98.2 Å². The molecule has 1 saturated heterocycles. The number of carbonyl (C=O) groups excluding carboxylic acids is 1. The van der Waals surface area contributed by atoms with Gasteiger partial charge in [0.25, 0.3) is 5.91 Å². The molecule has 0 spiro atoms. The van der Waals surface area contributed by atoms with Crippen LogP contribution in [0.5, 0.6) is 0 Å². The van der Waals surface area contributed by atoms with E-state index in [0.29, 0.717) is 13.1 Å². The Morgan fingerprint density at radius 3 is 2.05 bits per heavy atom. The van der Waals surface area contributed by atoms with Crippen molar-refractivity contribution >= 4 is 59.4 Å². The smallest absolute Gasteiger partial charge is 0.325 e. The molecule has 3 N–H and O–H groups in total. The number of carboxylic acids is 1. The topological polar surface area (TPSA) is 116 Å². The van der Waals surface area contributed by atoms with Crippen LogP contribution in [0.3, 0.4) is 0 Å². The number of likely N-dealkylation sites (tertiary alicyclic amines) is 1. The van der Waals surface area contributed by atoms with Crippen LogP contribution in [0.2, 0.25) is 0 Å². The fourth-order valence-electron chi connectivity index (χ4n) is 4.48. The number of hydrogen-bond donors (Lipinski definition) is 3. The normalized spacial score (nSPS) is 15.0. The van der Waals surface area contributed by atoms with Gasteiger partial charge in [0.1, 0.15) is 11.9 Å². The molecule has 12 heteroatoms. The first-order valence-electron chi connectivity index (χ1n) is 12.0. The first kappa shape index (κ1) is 29.2. The van der Waals surface area contributed by atoms with Crippen LogP contribution in [0.1, 0.15) is 34.5 Å². The highest BCUT2D eigenvalue weighted by molar-refractivity contribution is 9.10. The zero-order valence-electron chi connectivity index (χ0n) is 20.8. The number of hydrogen-bond acceptors (Lipinski definition) is 5. The van der Waals surface area contributed by atoms with Crippen LogP contribution >= 0.6 is 31.9 Å². The predicted octanol–water partition coefficient (Wildman–Crippen LogP) is 5.02. The van der Waals surface area contributed by atoms with Gasteiger partial charge in [0.2, 0.25) is 10.0 Å². The van der Waals surface area contributed by atoms with E-state index in [1.54, 1.807) is 0 Å². The van der Waals surface area contributed by atoms with Crippen LogP contribution in [0.4, 0.5) is 10.1 Å². The van der Waals surface area contributed by atoms with Gasteiger partial charge in [0.15, 0.2) is 0 Å². The molecule has 4 rings (SSSR count). The number of aliphatic carboxylic acids is 1. The maximum atomic E-state index is 14.2. The summed E-state index contributed by atoms with van der Waals surface area (Å²) in [5, 5.41) is 11.2. The van der Waals surface area contributed by atoms with Gasteiger partial charge in [0.05, 0.1) is 17.5 Å². The van der Waals surface area contributed by atoms with E-state index in [9.17, 15) is 22.4 Å². The van der Waals surface area contributed by atoms with Gasteiger partial charge < -0.3 is 10.4 Å². The SMILES string of the molecule is CC(NC(=O)c1cc(F)cc(NS(=O)(=O)CC2CN(C(c3ccc(Br)cc3)c3ccc(Br)cc3)C2)c1)C(=O)O. The van der Waals surface area contributed by atoms with Crippen molar-refractivity contribution in [2.24, 2.45) is 5.92 Å². The first-order valence-corrected chi connectivity index (χ1v) is 15.2. The predicted molar refractivity (Wildman–Crippen MR) is 154 cm³/mol. The highest BCUT2D eigenvalue weighted by Crippen LogP contribution is 2.36. The largest absolute Gasteiger partial charge is 0.480 e. The Morgan fingerprint density at radius 1 is 1.00 bits per heavy atom. The summed E-state index contributed by atoms with van der Waals surface area (Å²) in [4.78, 5) is 25.5. The van der Waals surface area contributed by atoms with Gasteiger partial charge in [-0.25, -0.2) is 12.8 Å². The van der Waals surface area contributed by atoms with E-state index in [1.165, 1.54) is 13.0 Å². The van der Waals surface area contributed by atoms with E-state index in [1.807, 2.05) is 48.5 Å². The summed E-state index contributed by atoms with van der Waals surface area (Å²) in [5.41, 5.74) is 1.87. The van der Waals surface area contributed by atoms with Crippen molar-refractivity contribution in [1.29, 1.82) is 0 Å². The lowest BCUT2D eigenvalue weighted by Gasteiger charge is -2.44. The van der Waals surface area contributed by atoms with Gasteiger partial charge in [0, 0.05) is 33.5 Å². The minimum absolute atomic E-state index is 0.0457. The highest BCUT2D eigenvalue weighted by Gasteiger charge is 2.36. The molecule has 0 aliphatic carbocycles. The van der Waals surface area contributed by atoms with E-state index < -0.39 is 33.8 Å². The van der Waals surface area contributed by atoms with Crippen molar-refractivity contribution in [3.63, 3.8) is 0 Å². The van der Waals surface area contributed by atoms with Crippen LogP contribution in [0.25, 0.3) is 0 Å². The Kier molecular flexibility index (Phi) is 9.10. The summed E-state index contributed by atoms with van der Waals surface area (Å²) in [5.74, 6) is -3.23. The molecule has 1 heterocycles. The van der Waals surface area contributed by atoms with Crippen LogP contribution in [0, 0.1) is 11.7 Å². The molecule has 3 aromatic rings. The van der Waals surface area contributed by atoms with Gasteiger partial charge >= 0.3 is 5.97 Å². The average molecular weight is 683 g/mol. The third kappa shape index (κ3) is 7.65. The van der Waals surface area contributed by atoms with E-state index in [-0.39, 0.29) is 29.0 Å².